The Balaban J connectivity index is 1.28. The van der Waals surface area contributed by atoms with Crippen LogP contribution in [0.25, 0.3) is 22.2 Å². The molecule has 4 amide bonds. The van der Waals surface area contributed by atoms with Crippen molar-refractivity contribution in [2.75, 3.05) is 0 Å². The van der Waals surface area contributed by atoms with Crippen LogP contribution in [0.15, 0.2) is 59.5 Å². The highest BCUT2D eigenvalue weighted by molar-refractivity contribution is 6.23. The average molecular weight is 496 g/mol. The van der Waals surface area contributed by atoms with Crippen LogP contribution in [0.4, 0.5) is 0 Å². The summed E-state index contributed by atoms with van der Waals surface area (Å²) in [7, 11) is 1.72. The summed E-state index contributed by atoms with van der Waals surface area (Å²) in [6, 6.07) is 13.1. The zero-order valence-electron chi connectivity index (χ0n) is 19.7. The van der Waals surface area contributed by atoms with Gasteiger partial charge in [0.05, 0.1) is 29.4 Å². The Bertz CT molecular complexity index is 1720. The van der Waals surface area contributed by atoms with Crippen molar-refractivity contribution in [3.8, 4) is 11.3 Å². The molecule has 2 aliphatic rings. The monoisotopic (exact) mass is 496 g/mol. The van der Waals surface area contributed by atoms with Crippen LogP contribution in [0.3, 0.4) is 0 Å². The highest BCUT2D eigenvalue weighted by Crippen LogP contribution is 2.30. The molecule has 1 fully saturated rings. The first-order chi connectivity index (χ1) is 17.8. The quantitative estimate of drug-likeness (QED) is 0.420. The third kappa shape index (κ3) is 3.63. The number of hydrogen-bond donors (Lipinski definition) is 1. The lowest BCUT2D eigenvalue weighted by molar-refractivity contribution is -0.136. The summed E-state index contributed by atoms with van der Waals surface area (Å²) in [5, 5.41) is 11.4. The van der Waals surface area contributed by atoms with Crippen LogP contribution in [0.1, 0.15) is 39.1 Å². The Hall–Kier alpha value is -4.93. The smallest absolute Gasteiger partial charge is 0.262 e. The minimum absolute atomic E-state index is 0.0540. The third-order valence-electron chi connectivity index (χ3n) is 6.81. The van der Waals surface area contributed by atoms with Crippen LogP contribution in [0.2, 0.25) is 0 Å². The molecule has 11 nitrogen and oxygen atoms in total. The van der Waals surface area contributed by atoms with Crippen LogP contribution >= 0.6 is 0 Å². The van der Waals surface area contributed by atoms with Crippen molar-refractivity contribution < 1.29 is 19.2 Å². The van der Waals surface area contributed by atoms with E-state index in [0.717, 1.165) is 15.8 Å². The number of para-hydroxylation sites is 1. The highest BCUT2D eigenvalue weighted by atomic mass is 16.2. The largest absolute Gasteiger partial charge is 0.311 e. The van der Waals surface area contributed by atoms with E-state index < -0.39 is 29.7 Å². The fourth-order valence-electron chi connectivity index (χ4n) is 4.92. The van der Waals surface area contributed by atoms with Crippen LogP contribution in [-0.4, -0.2) is 54.1 Å². The zero-order chi connectivity index (χ0) is 25.8. The maximum absolute atomic E-state index is 13.1. The number of aromatic nitrogens is 4. The number of carbonyl (C=O) groups is 4. The van der Waals surface area contributed by atoms with Crippen molar-refractivity contribution in [2.24, 2.45) is 7.05 Å². The van der Waals surface area contributed by atoms with Gasteiger partial charge in [-0.1, -0.05) is 29.5 Å². The number of carbonyl (C=O) groups excluding carboxylic acids is 4. The standard InChI is InChI=1S/C26H20N6O5/c1-30-20-5-3-2-4-15(20)10-16(24(30)35)12-31-13-19(28-29-31)14-6-7-17-18(11-14)26(37)32(25(17)36)21-8-9-22(33)27-23(21)34/h2-7,10-11,13,21H,8-9,12H2,1H3,(H,27,33,34). The number of nitrogens with one attached hydrogen (secondary N) is 1. The summed E-state index contributed by atoms with van der Waals surface area (Å²) in [6.45, 7) is 0.205. The van der Waals surface area contributed by atoms with E-state index in [-0.39, 0.29) is 36.1 Å². The minimum Gasteiger partial charge on any atom is -0.311 e. The van der Waals surface area contributed by atoms with Crippen LogP contribution in [0, 0.1) is 0 Å². The Morgan fingerprint density at radius 2 is 1.76 bits per heavy atom. The number of rotatable bonds is 4. The molecule has 1 unspecified atom stereocenters. The second-order valence-corrected chi connectivity index (χ2v) is 9.10. The van der Waals surface area contributed by atoms with Crippen molar-refractivity contribution in [2.45, 2.75) is 25.4 Å². The van der Waals surface area contributed by atoms with E-state index in [1.807, 2.05) is 30.3 Å². The number of pyridine rings is 1. The van der Waals surface area contributed by atoms with Gasteiger partial charge in [-0.15, -0.1) is 5.10 Å². The molecular weight excluding hydrogens is 476 g/mol. The van der Waals surface area contributed by atoms with Gasteiger partial charge in [-0.05, 0) is 36.1 Å². The molecule has 0 bridgehead atoms. The second kappa shape index (κ2) is 8.33. The van der Waals surface area contributed by atoms with Gasteiger partial charge in [0.25, 0.3) is 17.4 Å². The van der Waals surface area contributed by atoms with Gasteiger partial charge in [0.2, 0.25) is 11.8 Å². The van der Waals surface area contributed by atoms with Gasteiger partial charge in [-0.25, -0.2) is 4.68 Å². The number of amides is 4. The zero-order valence-corrected chi connectivity index (χ0v) is 19.7. The van der Waals surface area contributed by atoms with Crippen molar-refractivity contribution in [1.82, 2.24) is 29.8 Å². The molecule has 0 aliphatic carbocycles. The topological polar surface area (TPSA) is 136 Å². The third-order valence-corrected chi connectivity index (χ3v) is 6.81. The lowest BCUT2D eigenvalue weighted by Crippen LogP contribution is -2.54. The van der Waals surface area contributed by atoms with Crippen molar-refractivity contribution in [3.05, 3.63) is 81.8 Å². The van der Waals surface area contributed by atoms with Crippen LogP contribution in [-0.2, 0) is 23.2 Å². The van der Waals surface area contributed by atoms with Crippen LogP contribution in [0.5, 0.6) is 0 Å². The Morgan fingerprint density at radius 3 is 2.57 bits per heavy atom. The van der Waals surface area contributed by atoms with Gasteiger partial charge in [-0.2, -0.15) is 0 Å². The fourth-order valence-corrected chi connectivity index (χ4v) is 4.92. The minimum atomic E-state index is -1.03. The molecule has 0 spiro atoms. The van der Waals surface area contributed by atoms with E-state index in [9.17, 15) is 24.0 Å². The molecule has 0 saturated carbocycles. The molecule has 37 heavy (non-hydrogen) atoms. The van der Waals surface area contributed by atoms with E-state index in [0.29, 0.717) is 16.8 Å². The number of nitrogens with zero attached hydrogens (tertiary/aromatic N) is 5. The Kier molecular flexibility index (Phi) is 5.07. The molecule has 6 rings (SSSR count). The number of benzene rings is 2. The molecule has 1 N–H and O–H groups in total. The van der Waals surface area contributed by atoms with Gasteiger partial charge in [0, 0.05) is 24.6 Å². The highest BCUT2D eigenvalue weighted by Gasteiger charge is 2.44. The summed E-state index contributed by atoms with van der Waals surface area (Å²) < 4.78 is 3.14. The maximum Gasteiger partial charge on any atom is 0.262 e. The molecule has 11 heteroatoms. The van der Waals surface area contributed by atoms with E-state index in [1.54, 1.807) is 29.9 Å². The number of aryl methyl sites for hydroxylation is 1. The Labute approximate surface area is 209 Å². The summed E-state index contributed by atoms with van der Waals surface area (Å²) in [6.07, 6.45) is 1.81. The second-order valence-electron chi connectivity index (χ2n) is 9.10. The lowest BCUT2D eigenvalue weighted by Gasteiger charge is -2.27. The molecule has 184 valence electrons. The summed E-state index contributed by atoms with van der Waals surface area (Å²) in [4.78, 5) is 63.5. The van der Waals surface area contributed by atoms with E-state index in [4.69, 9.17) is 0 Å². The summed E-state index contributed by atoms with van der Waals surface area (Å²) in [5.41, 5.74) is 2.61. The lowest BCUT2D eigenvalue weighted by atomic mass is 10.0. The van der Waals surface area contributed by atoms with E-state index in [2.05, 4.69) is 15.6 Å². The summed E-state index contributed by atoms with van der Waals surface area (Å²) >= 11 is 0. The van der Waals surface area contributed by atoms with Crippen LogP contribution < -0.4 is 10.9 Å². The molecule has 2 aromatic carbocycles. The van der Waals surface area contributed by atoms with Crippen molar-refractivity contribution in [1.29, 1.82) is 0 Å². The summed E-state index contributed by atoms with van der Waals surface area (Å²) in [5.74, 6) is -2.25. The molecule has 2 aromatic heterocycles. The van der Waals surface area contributed by atoms with E-state index >= 15 is 0 Å². The maximum atomic E-state index is 13.1. The van der Waals surface area contributed by atoms with E-state index in [1.165, 1.54) is 10.7 Å². The van der Waals surface area contributed by atoms with Crippen molar-refractivity contribution in [3.63, 3.8) is 0 Å². The molecule has 0 radical (unpaired) electrons. The SMILES string of the molecule is Cn1c(=O)c(Cn2cc(-c3ccc4c(c3)C(=O)N(C3CCC(=O)NC3=O)C4=O)nn2)cc2ccccc21. The molecule has 4 aromatic rings. The van der Waals surface area contributed by atoms with Gasteiger partial charge in [0.1, 0.15) is 11.7 Å². The predicted molar refractivity (Wildman–Crippen MR) is 130 cm³/mol. The first-order valence-corrected chi connectivity index (χ1v) is 11.7. The first-order valence-electron chi connectivity index (χ1n) is 11.7. The Morgan fingerprint density at radius 1 is 0.973 bits per heavy atom. The van der Waals surface area contributed by atoms with Crippen molar-refractivity contribution >= 4 is 34.5 Å². The molecule has 1 atom stereocenters. The number of fused-ring (bicyclic) bond motifs is 2. The number of piperidine rings is 1. The van der Waals surface area contributed by atoms with Gasteiger partial charge in [-0.3, -0.25) is 34.2 Å². The number of imide groups is 2. The fraction of sp³-hybridized carbons (Fsp3) is 0.192. The van der Waals surface area contributed by atoms with Gasteiger partial charge >= 0.3 is 0 Å². The average Bonchev–Trinajstić information content (AvgIpc) is 3.45. The molecular formula is C26H20N6O5. The molecule has 2 aliphatic heterocycles. The first kappa shape index (κ1) is 22.5. The molecule has 4 heterocycles. The molecule has 1 saturated heterocycles. The normalized spacial score (nSPS) is 17.4. The van der Waals surface area contributed by atoms with Gasteiger partial charge < -0.3 is 4.57 Å². The number of hydrogen-bond acceptors (Lipinski definition) is 7. The van der Waals surface area contributed by atoms with Gasteiger partial charge in [0.15, 0.2) is 0 Å². The predicted octanol–water partition coefficient (Wildman–Crippen LogP) is 1.25.